The topological polar surface area (TPSA) is 46.4 Å². The number of thioether (sulfide) groups is 1. The summed E-state index contributed by atoms with van der Waals surface area (Å²) in [6, 6.07) is 14.1. The van der Waals surface area contributed by atoms with Gasteiger partial charge in [0.05, 0.1) is 4.91 Å². The Labute approximate surface area is 183 Å². The molecule has 1 aliphatic rings. The predicted molar refractivity (Wildman–Crippen MR) is 122 cm³/mol. The lowest BCUT2D eigenvalue weighted by Crippen LogP contribution is -2.19. The number of halogens is 2. The Balaban J connectivity index is 1.68. The molecule has 1 amide bonds. The van der Waals surface area contributed by atoms with Gasteiger partial charge >= 0.3 is 0 Å². The van der Waals surface area contributed by atoms with Crippen LogP contribution in [0.3, 0.4) is 0 Å². The minimum absolute atomic E-state index is 0.191. The van der Waals surface area contributed by atoms with Crippen molar-refractivity contribution in [2.45, 2.75) is 20.8 Å². The van der Waals surface area contributed by atoms with Crippen molar-refractivity contribution in [3.63, 3.8) is 0 Å². The van der Waals surface area contributed by atoms with Crippen LogP contribution in [0.15, 0.2) is 58.4 Å². The molecule has 2 heterocycles. The van der Waals surface area contributed by atoms with Gasteiger partial charge < -0.3 is 9.88 Å². The highest BCUT2D eigenvalue weighted by Crippen LogP contribution is 2.32. The molecular weight excluding hydrogens is 421 g/mol. The number of para-hydroxylation sites is 1. The van der Waals surface area contributed by atoms with Gasteiger partial charge in [-0.25, -0.2) is 9.38 Å². The largest absolute Gasteiger partial charge is 0.318 e. The highest BCUT2D eigenvalue weighted by atomic mass is 35.5. The first-order chi connectivity index (χ1) is 14.3. The van der Waals surface area contributed by atoms with E-state index in [4.69, 9.17) is 11.6 Å². The number of carbonyl (C=O) groups excluding carboxylic acids is 1. The summed E-state index contributed by atoms with van der Waals surface area (Å²) in [5.41, 5.74) is 5.15. The van der Waals surface area contributed by atoms with Crippen LogP contribution in [0, 0.1) is 26.6 Å². The van der Waals surface area contributed by atoms with E-state index in [1.165, 1.54) is 17.8 Å². The molecule has 1 N–H and O–H groups in total. The van der Waals surface area contributed by atoms with Gasteiger partial charge in [0.2, 0.25) is 0 Å². The van der Waals surface area contributed by atoms with Crippen LogP contribution in [-0.2, 0) is 4.79 Å². The van der Waals surface area contributed by atoms with E-state index in [0.717, 1.165) is 28.2 Å². The van der Waals surface area contributed by atoms with E-state index in [2.05, 4.69) is 14.9 Å². The van der Waals surface area contributed by atoms with Gasteiger partial charge in [0.15, 0.2) is 5.17 Å². The molecule has 7 heteroatoms. The fourth-order valence-corrected chi connectivity index (χ4v) is 4.41. The summed E-state index contributed by atoms with van der Waals surface area (Å²) < 4.78 is 16.0. The maximum absolute atomic E-state index is 13.9. The quantitative estimate of drug-likeness (QED) is 0.502. The highest BCUT2D eigenvalue weighted by Gasteiger charge is 2.25. The zero-order chi connectivity index (χ0) is 21.4. The van der Waals surface area contributed by atoms with Crippen LogP contribution in [0.25, 0.3) is 11.8 Å². The molecule has 0 saturated carbocycles. The lowest BCUT2D eigenvalue weighted by molar-refractivity contribution is -0.115. The Hall–Kier alpha value is -2.83. The fourth-order valence-electron chi connectivity index (χ4n) is 3.42. The van der Waals surface area contributed by atoms with E-state index < -0.39 is 5.82 Å². The van der Waals surface area contributed by atoms with E-state index in [1.807, 2.05) is 51.1 Å². The molecule has 4 nitrogen and oxygen atoms in total. The van der Waals surface area contributed by atoms with Crippen molar-refractivity contribution in [1.29, 1.82) is 0 Å². The average molecular weight is 440 g/mol. The van der Waals surface area contributed by atoms with Crippen molar-refractivity contribution in [3.05, 3.63) is 86.8 Å². The fraction of sp³-hybridized carbons (Fsp3) is 0.130. The zero-order valence-corrected chi connectivity index (χ0v) is 18.2. The van der Waals surface area contributed by atoms with Gasteiger partial charge in [0.25, 0.3) is 5.91 Å². The molecule has 30 heavy (non-hydrogen) atoms. The number of hydrogen-bond donors (Lipinski definition) is 1. The molecule has 4 rings (SSSR count). The number of aryl methyl sites for hydroxylation is 1. The number of amides is 1. The normalized spacial score (nSPS) is 16.5. The third-order valence-electron chi connectivity index (χ3n) is 4.96. The minimum Gasteiger partial charge on any atom is -0.318 e. The maximum Gasteiger partial charge on any atom is 0.264 e. The third-order valence-corrected chi connectivity index (χ3v) is 6.28. The van der Waals surface area contributed by atoms with Crippen LogP contribution in [0.4, 0.5) is 10.1 Å². The molecule has 1 fully saturated rings. The number of nitrogens with one attached hydrogen (secondary N) is 1. The molecule has 1 aromatic heterocycles. The summed E-state index contributed by atoms with van der Waals surface area (Å²) in [6.07, 6.45) is 1.84. The Kier molecular flexibility index (Phi) is 5.54. The lowest BCUT2D eigenvalue weighted by atomic mass is 10.2. The Bertz CT molecular complexity index is 1230. The second kappa shape index (κ2) is 8.13. The first kappa shape index (κ1) is 20.4. The van der Waals surface area contributed by atoms with Gasteiger partial charge in [-0.2, -0.15) is 0 Å². The minimum atomic E-state index is -0.433. The monoisotopic (exact) mass is 439 g/mol. The summed E-state index contributed by atoms with van der Waals surface area (Å²) >= 11 is 7.50. The summed E-state index contributed by atoms with van der Waals surface area (Å²) in [4.78, 5) is 17.2. The van der Waals surface area contributed by atoms with Crippen molar-refractivity contribution in [3.8, 4) is 5.69 Å². The number of hydrogen-bond acceptors (Lipinski definition) is 3. The maximum atomic E-state index is 13.9. The number of nitrogens with zero attached hydrogens (tertiary/aromatic N) is 2. The molecule has 0 unspecified atom stereocenters. The molecule has 2 aromatic carbocycles. The molecular formula is C23H19ClFN3OS. The van der Waals surface area contributed by atoms with Gasteiger partial charge in [-0.3, -0.25) is 4.79 Å². The molecule has 0 spiro atoms. The van der Waals surface area contributed by atoms with Crippen molar-refractivity contribution in [2.24, 2.45) is 4.99 Å². The van der Waals surface area contributed by atoms with Crippen LogP contribution < -0.4 is 5.32 Å². The number of aromatic nitrogens is 1. The Morgan fingerprint density at radius 3 is 2.67 bits per heavy atom. The number of benzene rings is 2. The average Bonchev–Trinajstić information content (AvgIpc) is 3.18. The SMILES string of the molecule is Cc1c(Cl)cccc1-n1c(C)cc(/C=C2\SC(=Nc3ccccc3F)NC2=O)c1C. The molecule has 1 saturated heterocycles. The second-order valence-electron chi connectivity index (χ2n) is 6.98. The Morgan fingerprint density at radius 2 is 1.90 bits per heavy atom. The van der Waals surface area contributed by atoms with Gasteiger partial charge in [-0.15, -0.1) is 0 Å². The van der Waals surface area contributed by atoms with Crippen molar-refractivity contribution >= 4 is 46.2 Å². The van der Waals surface area contributed by atoms with Crippen LogP contribution in [-0.4, -0.2) is 15.6 Å². The van der Waals surface area contributed by atoms with Crippen LogP contribution in [0.2, 0.25) is 5.02 Å². The van der Waals surface area contributed by atoms with Crippen molar-refractivity contribution in [1.82, 2.24) is 9.88 Å². The Morgan fingerprint density at radius 1 is 1.13 bits per heavy atom. The smallest absolute Gasteiger partial charge is 0.264 e. The molecule has 0 radical (unpaired) electrons. The van der Waals surface area contributed by atoms with Gasteiger partial charge in [0.1, 0.15) is 11.5 Å². The summed E-state index contributed by atoms with van der Waals surface area (Å²) in [7, 11) is 0. The van der Waals surface area contributed by atoms with Crippen LogP contribution in [0.1, 0.15) is 22.5 Å². The molecule has 1 aliphatic heterocycles. The van der Waals surface area contributed by atoms with Crippen molar-refractivity contribution < 1.29 is 9.18 Å². The summed E-state index contributed by atoms with van der Waals surface area (Å²) in [5, 5.41) is 3.77. The van der Waals surface area contributed by atoms with E-state index in [1.54, 1.807) is 18.2 Å². The van der Waals surface area contributed by atoms with Gasteiger partial charge in [0, 0.05) is 22.1 Å². The molecule has 3 aromatic rings. The summed E-state index contributed by atoms with van der Waals surface area (Å²) in [5.74, 6) is -0.684. The van der Waals surface area contributed by atoms with E-state index in [9.17, 15) is 9.18 Å². The molecule has 0 aliphatic carbocycles. The molecule has 0 bridgehead atoms. The standard InChI is InChI=1S/C23H19ClFN3OS/c1-13-11-16(15(3)28(13)20-10-6-7-17(24)14(20)2)12-21-22(29)27-23(30-21)26-19-9-5-4-8-18(19)25/h4-12H,1-3H3,(H,26,27,29)/b21-12-. The number of carbonyl (C=O) groups is 1. The molecule has 0 atom stereocenters. The van der Waals surface area contributed by atoms with Crippen LogP contribution >= 0.6 is 23.4 Å². The number of aliphatic imine (C=N–C) groups is 1. The number of amidine groups is 1. The van der Waals surface area contributed by atoms with Gasteiger partial charge in [-0.1, -0.05) is 29.8 Å². The third kappa shape index (κ3) is 3.80. The summed E-state index contributed by atoms with van der Waals surface area (Å²) in [6.45, 7) is 6.01. The first-order valence-corrected chi connectivity index (χ1v) is 10.5. The zero-order valence-electron chi connectivity index (χ0n) is 16.7. The molecule has 152 valence electrons. The predicted octanol–water partition coefficient (Wildman–Crippen LogP) is 6.09. The van der Waals surface area contributed by atoms with Crippen molar-refractivity contribution in [2.75, 3.05) is 0 Å². The second-order valence-corrected chi connectivity index (χ2v) is 8.42. The van der Waals surface area contributed by atoms with Crippen LogP contribution in [0.5, 0.6) is 0 Å². The first-order valence-electron chi connectivity index (χ1n) is 9.33. The van der Waals surface area contributed by atoms with Gasteiger partial charge in [-0.05, 0) is 80.1 Å². The van der Waals surface area contributed by atoms with E-state index in [0.29, 0.717) is 15.1 Å². The van der Waals surface area contributed by atoms with E-state index in [-0.39, 0.29) is 11.6 Å². The highest BCUT2D eigenvalue weighted by molar-refractivity contribution is 8.18. The lowest BCUT2D eigenvalue weighted by Gasteiger charge is -2.13. The van der Waals surface area contributed by atoms with E-state index >= 15 is 0 Å². The number of rotatable bonds is 3.